The lowest BCUT2D eigenvalue weighted by Gasteiger charge is -2.10. The molecule has 0 aromatic carbocycles. The van der Waals surface area contributed by atoms with Crippen molar-refractivity contribution in [3.63, 3.8) is 0 Å². The van der Waals surface area contributed by atoms with Crippen molar-refractivity contribution >= 4 is 11.8 Å². The summed E-state index contributed by atoms with van der Waals surface area (Å²) in [6, 6.07) is -0.240. The topological polar surface area (TPSA) is 70.1 Å². The number of aromatic nitrogens is 2. The lowest BCUT2D eigenvalue weighted by Crippen LogP contribution is -2.11. The molecule has 0 saturated heterocycles. The molecule has 1 atom stereocenters. The SMILES string of the molecule is C#CC(C)n1c(C)nc(C(=O)OC)c1N. The molecule has 0 amide bonds. The van der Waals surface area contributed by atoms with Gasteiger partial charge in [-0.1, -0.05) is 5.92 Å². The fourth-order valence-electron chi connectivity index (χ4n) is 1.37. The third-order valence-electron chi connectivity index (χ3n) is 2.13. The Morgan fingerprint density at radius 3 is 2.80 bits per heavy atom. The molecule has 1 heterocycles. The van der Waals surface area contributed by atoms with E-state index in [9.17, 15) is 4.79 Å². The van der Waals surface area contributed by atoms with Gasteiger partial charge in [0.2, 0.25) is 0 Å². The summed E-state index contributed by atoms with van der Waals surface area (Å²) < 4.78 is 6.17. The molecule has 0 aliphatic heterocycles. The number of methoxy groups -OCH3 is 1. The zero-order valence-corrected chi connectivity index (χ0v) is 8.94. The predicted molar refractivity (Wildman–Crippen MR) is 56.3 cm³/mol. The number of nitrogen functional groups attached to an aromatic ring is 1. The summed E-state index contributed by atoms with van der Waals surface area (Å²) in [4.78, 5) is 15.3. The highest BCUT2D eigenvalue weighted by Crippen LogP contribution is 2.19. The average Bonchev–Trinajstić information content (AvgIpc) is 2.52. The summed E-state index contributed by atoms with van der Waals surface area (Å²) in [5.41, 5.74) is 5.87. The molecule has 0 spiro atoms. The molecule has 15 heavy (non-hydrogen) atoms. The average molecular weight is 207 g/mol. The molecule has 80 valence electrons. The lowest BCUT2D eigenvalue weighted by molar-refractivity contribution is 0.0595. The first kappa shape index (κ1) is 11.1. The van der Waals surface area contributed by atoms with Gasteiger partial charge < -0.3 is 15.0 Å². The van der Waals surface area contributed by atoms with Crippen LogP contribution in [0.4, 0.5) is 5.82 Å². The van der Waals surface area contributed by atoms with E-state index in [4.69, 9.17) is 12.2 Å². The Morgan fingerprint density at radius 1 is 1.73 bits per heavy atom. The van der Waals surface area contributed by atoms with Crippen LogP contribution in [0.5, 0.6) is 0 Å². The van der Waals surface area contributed by atoms with Crippen LogP contribution >= 0.6 is 0 Å². The molecule has 1 unspecified atom stereocenters. The van der Waals surface area contributed by atoms with Gasteiger partial charge in [-0.05, 0) is 13.8 Å². The zero-order chi connectivity index (χ0) is 11.6. The van der Waals surface area contributed by atoms with Crippen LogP contribution in [0.2, 0.25) is 0 Å². The molecule has 0 bridgehead atoms. The molecule has 2 N–H and O–H groups in total. The molecule has 5 heteroatoms. The van der Waals surface area contributed by atoms with Crippen LogP contribution in [0.1, 0.15) is 29.3 Å². The van der Waals surface area contributed by atoms with Gasteiger partial charge in [0.1, 0.15) is 11.6 Å². The molecule has 0 fully saturated rings. The van der Waals surface area contributed by atoms with Crippen molar-refractivity contribution in [2.75, 3.05) is 12.8 Å². The Morgan fingerprint density at radius 2 is 2.33 bits per heavy atom. The van der Waals surface area contributed by atoms with E-state index < -0.39 is 5.97 Å². The highest BCUT2D eigenvalue weighted by atomic mass is 16.5. The number of carbonyl (C=O) groups excluding carboxylic acids is 1. The van der Waals surface area contributed by atoms with Crippen molar-refractivity contribution in [3.05, 3.63) is 11.5 Å². The van der Waals surface area contributed by atoms with Crippen molar-refractivity contribution < 1.29 is 9.53 Å². The molecule has 0 aliphatic carbocycles. The van der Waals surface area contributed by atoms with Crippen molar-refractivity contribution in [3.8, 4) is 12.3 Å². The number of carbonyl (C=O) groups is 1. The number of nitrogens with two attached hydrogens (primary N) is 1. The largest absolute Gasteiger partial charge is 0.464 e. The van der Waals surface area contributed by atoms with Crippen LogP contribution in [-0.2, 0) is 4.74 Å². The number of hydrogen-bond acceptors (Lipinski definition) is 4. The van der Waals surface area contributed by atoms with E-state index in [0.717, 1.165) is 0 Å². The van der Waals surface area contributed by atoms with Crippen LogP contribution in [0.3, 0.4) is 0 Å². The Bertz CT molecular complexity index is 429. The molecule has 0 aliphatic rings. The third-order valence-corrected chi connectivity index (χ3v) is 2.13. The van der Waals surface area contributed by atoms with Gasteiger partial charge in [0, 0.05) is 0 Å². The summed E-state index contributed by atoms with van der Waals surface area (Å²) in [7, 11) is 1.28. The number of ether oxygens (including phenoxy) is 1. The van der Waals surface area contributed by atoms with Crippen molar-refractivity contribution in [2.24, 2.45) is 0 Å². The second kappa shape index (κ2) is 4.05. The number of terminal acetylenes is 1. The predicted octanol–water partition coefficient (Wildman–Crippen LogP) is 0.755. The van der Waals surface area contributed by atoms with E-state index in [-0.39, 0.29) is 17.6 Å². The molecule has 1 rings (SSSR count). The molecule has 0 saturated carbocycles. The van der Waals surface area contributed by atoms with E-state index >= 15 is 0 Å². The molecular weight excluding hydrogens is 194 g/mol. The summed E-state index contributed by atoms with van der Waals surface area (Å²) >= 11 is 0. The van der Waals surface area contributed by atoms with Crippen LogP contribution in [0.25, 0.3) is 0 Å². The number of anilines is 1. The first-order chi connectivity index (χ1) is 7.02. The normalized spacial score (nSPS) is 11.9. The second-order valence-corrected chi connectivity index (χ2v) is 3.10. The van der Waals surface area contributed by atoms with Gasteiger partial charge in [-0.2, -0.15) is 0 Å². The molecule has 5 nitrogen and oxygen atoms in total. The lowest BCUT2D eigenvalue weighted by atomic mass is 10.3. The standard InChI is InChI=1S/C10H13N3O2/c1-5-6(2)13-7(3)12-8(9(13)11)10(14)15-4/h1,6H,11H2,2-4H3. The first-order valence-electron chi connectivity index (χ1n) is 4.41. The highest BCUT2D eigenvalue weighted by molar-refractivity contribution is 5.92. The summed E-state index contributed by atoms with van der Waals surface area (Å²) in [5, 5.41) is 0. The number of hydrogen-bond donors (Lipinski definition) is 1. The minimum atomic E-state index is -0.557. The quantitative estimate of drug-likeness (QED) is 0.574. The molecule has 0 radical (unpaired) electrons. The summed E-state index contributed by atoms with van der Waals surface area (Å²) in [5.74, 6) is 2.80. The minimum absolute atomic E-state index is 0.108. The van der Waals surface area contributed by atoms with Crippen molar-refractivity contribution in [2.45, 2.75) is 19.9 Å². The minimum Gasteiger partial charge on any atom is -0.464 e. The molecule has 1 aromatic heterocycles. The fraction of sp³-hybridized carbons (Fsp3) is 0.400. The maximum Gasteiger partial charge on any atom is 0.360 e. The molecule has 1 aromatic rings. The number of rotatable bonds is 2. The Balaban J connectivity index is 3.28. The first-order valence-corrected chi connectivity index (χ1v) is 4.41. The number of aryl methyl sites for hydroxylation is 1. The van der Waals surface area contributed by atoms with E-state index in [1.807, 2.05) is 0 Å². The monoisotopic (exact) mass is 207 g/mol. The maximum atomic E-state index is 11.3. The highest BCUT2D eigenvalue weighted by Gasteiger charge is 2.20. The number of esters is 1. The fourth-order valence-corrected chi connectivity index (χ4v) is 1.37. The van der Waals surface area contributed by atoms with Gasteiger partial charge in [0.15, 0.2) is 5.69 Å². The maximum absolute atomic E-state index is 11.3. The van der Waals surface area contributed by atoms with Gasteiger partial charge in [0.05, 0.1) is 13.2 Å². The smallest absolute Gasteiger partial charge is 0.360 e. The van der Waals surface area contributed by atoms with Crippen LogP contribution in [0, 0.1) is 19.3 Å². The van der Waals surface area contributed by atoms with Gasteiger partial charge in [0.25, 0.3) is 0 Å². The van der Waals surface area contributed by atoms with Gasteiger partial charge in [-0.3, -0.25) is 0 Å². The van der Waals surface area contributed by atoms with E-state index in [2.05, 4.69) is 15.6 Å². The molecular formula is C10H13N3O2. The van der Waals surface area contributed by atoms with E-state index in [1.165, 1.54) is 7.11 Å². The zero-order valence-electron chi connectivity index (χ0n) is 8.94. The Hall–Kier alpha value is -1.96. The van der Waals surface area contributed by atoms with Gasteiger partial charge in [-0.15, -0.1) is 6.42 Å². The third kappa shape index (κ3) is 1.79. The number of nitrogens with zero attached hydrogens (tertiary/aromatic N) is 2. The Kier molecular flexibility index (Phi) is 3.00. The summed E-state index contributed by atoms with van der Waals surface area (Å²) in [6.07, 6.45) is 5.29. The van der Waals surface area contributed by atoms with Crippen LogP contribution < -0.4 is 5.73 Å². The van der Waals surface area contributed by atoms with Crippen LogP contribution in [-0.4, -0.2) is 22.6 Å². The number of imidazole rings is 1. The van der Waals surface area contributed by atoms with Gasteiger partial charge in [-0.25, -0.2) is 9.78 Å². The van der Waals surface area contributed by atoms with Crippen molar-refractivity contribution in [1.29, 1.82) is 0 Å². The van der Waals surface area contributed by atoms with E-state index in [1.54, 1.807) is 18.4 Å². The Labute approximate surface area is 88.2 Å². The van der Waals surface area contributed by atoms with E-state index in [0.29, 0.717) is 5.82 Å². The second-order valence-electron chi connectivity index (χ2n) is 3.10. The van der Waals surface area contributed by atoms with Gasteiger partial charge >= 0.3 is 5.97 Å². The van der Waals surface area contributed by atoms with Crippen molar-refractivity contribution in [1.82, 2.24) is 9.55 Å². The van der Waals surface area contributed by atoms with Crippen LogP contribution in [0.15, 0.2) is 0 Å². The summed E-state index contributed by atoms with van der Waals surface area (Å²) in [6.45, 7) is 3.53.